The number of rotatable bonds is 1. The van der Waals surface area contributed by atoms with Crippen LogP contribution >= 0.6 is 23.5 Å². The van der Waals surface area contributed by atoms with Gasteiger partial charge >= 0.3 is 29.6 Å². The van der Waals surface area contributed by atoms with Crippen molar-refractivity contribution in [2.75, 3.05) is 0 Å². The van der Waals surface area contributed by atoms with Gasteiger partial charge in [0.2, 0.25) is 0 Å². The Labute approximate surface area is 188 Å². The Morgan fingerprint density at radius 2 is 0.920 bits per heavy atom. The first-order chi connectivity index (χ1) is 9.85. The third-order valence-corrected chi connectivity index (χ3v) is 4.84. The van der Waals surface area contributed by atoms with Gasteiger partial charge in [-0.15, -0.1) is 11.6 Å². The maximum absolute atomic E-state index is 9.22. The summed E-state index contributed by atoms with van der Waals surface area (Å²) in [5, 5.41) is 9.22. The van der Waals surface area contributed by atoms with Gasteiger partial charge in [0.25, 0.3) is 0 Å². The van der Waals surface area contributed by atoms with Crippen molar-refractivity contribution in [2.45, 2.75) is 105 Å². The Morgan fingerprint density at radius 3 is 0.920 bits per heavy atom. The molecule has 0 amide bonds. The molecule has 1 fully saturated rings. The fourth-order valence-corrected chi connectivity index (χ4v) is 0.612. The topological polar surface area (TPSA) is 83.0 Å². The van der Waals surface area contributed by atoms with Crippen molar-refractivity contribution in [1.29, 1.82) is 0 Å². The van der Waals surface area contributed by atoms with E-state index < -0.39 is 10.5 Å². The molecule has 1 heterocycles. The van der Waals surface area contributed by atoms with Crippen LogP contribution in [0.15, 0.2) is 11.1 Å². The summed E-state index contributed by atoms with van der Waals surface area (Å²) in [6.45, 7) is 23.9. The van der Waals surface area contributed by atoms with Crippen LogP contribution in [0.1, 0.15) is 83.1 Å². The van der Waals surface area contributed by atoms with Gasteiger partial charge < -0.3 is 15.3 Å². The van der Waals surface area contributed by atoms with Gasteiger partial charge in [0.1, 0.15) is 0 Å². The van der Waals surface area contributed by atoms with E-state index in [1.165, 1.54) is 11.1 Å². The minimum atomic E-state index is -0.797. The van der Waals surface area contributed by atoms with E-state index in [9.17, 15) is 5.11 Å². The van der Waals surface area contributed by atoms with Crippen molar-refractivity contribution < 1.29 is 49.5 Å². The molecular formula is C18H39Cl2NaO4. The third kappa shape index (κ3) is 18.3. The van der Waals surface area contributed by atoms with E-state index in [-0.39, 0.29) is 46.2 Å². The third-order valence-electron chi connectivity index (χ3n) is 4.37. The largest absolute Gasteiger partial charge is 1.00 e. The SMILES string of the molecule is CC(C)(O)C(C)(C)Cl.CC(C)=C(C)C.CC1(C)OC1(C)C.OCl.[Na+].[OH-]. The zero-order valence-electron chi connectivity index (χ0n) is 18.5. The number of hydrogen-bond donors (Lipinski definition) is 2. The fourth-order valence-electron chi connectivity index (χ4n) is 0.612. The van der Waals surface area contributed by atoms with Crippen LogP contribution in [0.4, 0.5) is 0 Å². The predicted octanol–water partition coefficient (Wildman–Crippen LogP) is 2.67. The Bertz CT molecular complexity index is 326. The van der Waals surface area contributed by atoms with Crippen molar-refractivity contribution in [3.8, 4) is 0 Å². The quantitative estimate of drug-likeness (QED) is 0.300. The number of ether oxygens (including phenoxy) is 1. The normalized spacial score (nSPS) is 15.8. The van der Waals surface area contributed by atoms with Crippen molar-refractivity contribution >= 4 is 23.5 Å². The summed E-state index contributed by atoms with van der Waals surface area (Å²) in [6, 6.07) is 0. The molecule has 0 aromatic carbocycles. The molecule has 150 valence electrons. The average Bonchev–Trinajstić information content (AvgIpc) is 2.75. The Kier molecular flexibility index (Phi) is 21.0. The molecule has 25 heavy (non-hydrogen) atoms. The molecule has 0 spiro atoms. The Morgan fingerprint density at radius 1 is 0.800 bits per heavy atom. The molecule has 0 bridgehead atoms. The van der Waals surface area contributed by atoms with Crippen LogP contribution in [-0.4, -0.2) is 36.9 Å². The summed E-state index contributed by atoms with van der Waals surface area (Å²) in [5.41, 5.74) is 2.35. The number of allylic oxidation sites excluding steroid dienone is 2. The second-order valence-corrected chi connectivity index (χ2v) is 9.10. The van der Waals surface area contributed by atoms with Gasteiger partial charge in [-0.3, -0.25) is 4.66 Å². The van der Waals surface area contributed by atoms with Crippen LogP contribution in [0.3, 0.4) is 0 Å². The van der Waals surface area contributed by atoms with Crippen LogP contribution in [0, 0.1) is 0 Å². The molecule has 0 aromatic rings. The van der Waals surface area contributed by atoms with Gasteiger partial charge in [-0.1, -0.05) is 11.1 Å². The standard InChI is InChI=1S/C6H13ClO.C6H12O.C6H12.ClHO.Na.H2O/c1-5(2,7)6(3,4)8;1-5(2)6(3,4)7-5;1-5(2)6(3)4;1-2;;/h8H,1-4H3;1-4H3;1-4H3;2H;;1H2/q;;;;+1;/p-1. The summed E-state index contributed by atoms with van der Waals surface area (Å²) >= 11 is 9.40. The van der Waals surface area contributed by atoms with Crippen molar-refractivity contribution in [1.82, 2.24) is 0 Å². The van der Waals surface area contributed by atoms with E-state index in [2.05, 4.69) is 67.3 Å². The maximum Gasteiger partial charge on any atom is 1.00 e. The zero-order chi connectivity index (χ0) is 19.9. The molecule has 0 aliphatic carbocycles. The van der Waals surface area contributed by atoms with E-state index in [1.807, 2.05) is 0 Å². The van der Waals surface area contributed by atoms with Crippen LogP contribution in [0.25, 0.3) is 0 Å². The van der Waals surface area contributed by atoms with Crippen molar-refractivity contribution in [3.63, 3.8) is 0 Å². The first kappa shape index (κ1) is 37.0. The van der Waals surface area contributed by atoms with Crippen LogP contribution in [0.5, 0.6) is 0 Å². The van der Waals surface area contributed by atoms with Gasteiger partial charge in [-0.25, -0.2) is 0 Å². The van der Waals surface area contributed by atoms with Gasteiger partial charge in [-0.05, 0) is 83.1 Å². The maximum atomic E-state index is 9.22. The molecule has 0 saturated carbocycles. The van der Waals surface area contributed by atoms with E-state index in [0.717, 1.165) is 0 Å². The first-order valence-electron chi connectivity index (χ1n) is 7.74. The molecule has 0 atom stereocenters. The van der Waals surface area contributed by atoms with E-state index >= 15 is 0 Å². The molecule has 7 heteroatoms. The number of halogens is 2. The van der Waals surface area contributed by atoms with Gasteiger partial charge in [0.05, 0.1) is 33.5 Å². The predicted molar refractivity (Wildman–Crippen MR) is 105 cm³/mol. The van der Waals surface area contributed by atoms with Crippen molar-refractivity contribution in [3.05, 3.63) is 11.1 Å². The minimum absolute atomic E-state index is 0. The summed E-state index contributed by atoms with van der Waals surface area (Å²) in [4.78, 5) is -0.535. The zero-order valence-corrected chi connectivity index (χ0v) is 22.0. The van der Waals surface area contributed by atoms with E-state index in [4.69, 9.17) is 21.0 Å². The summed E-state index contributed by atoms with van der Waals surface area (Å²) < 4.78 is 11.8. The molecule has 1 aliphatic heterocycles. The molecule has 1 aliphatic rings. The molecule has 3 N–H and O–H groups in total. The van der Waals surface area contributed by atoms with E-state index in [0.29, 0.717) is 0 Å². The van der Waals surface area contributed by atoms with E-state index in [1.54, 1.807) is 27.7 Å². The summed E-state index contributed by atoms with van der Waals surface area (Å²) in [5.74, 6) is 0. The fraction of sp³-hybridized carbons (Fsp3) is 0.889. The molecule has 1 rings (SSSR count). The summed E-state index contributed by atoms with van der Waals surface area (Å²) in [6.07, 6.45) is 0. The number of alkyl halides is 1. The number of epoxide rings is 1. The molecule has 0 aromatic heterocycles. The molecule has 1 saturated heterocycles. The van der Waals surface area contributed by atoms with Gasteiger partial charge in [-0.2, -0.15) is 0 Å². The van der Waals surface area contributed by atoms with Crippen molar-refractivity contribution in [2.24, 2.45) is 0 Å². The Balaban J connectivity index is -0.0000000738. The van der Waals surface area contributed by atoms with Crippen LogP contribution in [-0.2, 0) is 4.74 Å². The Hall–Kier alpha value is 1.16. The molecular weight excluding hydrogens is 374 g/mol. The first-order valence-corrected chi connectivity index (χ1v) is 8.46. The molecule has 4 nitrogen and oxygen atoms in total. The van der Waals surface area contributed by atoms with Gasteiger partial charge in [0.15, 0.2) is 0 Å². The minimum Gasteiger partial charge on any atom is -0.870 e. The average molecular weight is 413 g/mol. The monoisotopic (exact) mass is 412 g/mol. The number of hydrogen-bond acceptors (Lipinski definition) is 4. The van der Waals surface area contributed by atoms with Crippen LogP contribution < -0.4 is 29.6 Å². The second kappa shape index (κ2) is 14.2. The smallest absolute Gasteiger partial charge is 0.870 e. The van der Waals surface area contributed by atoms with Gasteiger partial charge in [0, 0.05) is 0 Å². The molecule has 0 radical (unpaired) electrons. The van der Waals surface area contributed by atoms with Crippen LogP contribution in [0.2, 0.25) is 0 Å². The summed E-state index contributed by atoms with van der Waals surface area (Å²) in [7, 11) is 0. The molecule has 0 unspecified atom stereocenters. The second-order valence-electron chi connectivity index (χ2n) is 8.15. The number of aliphatic hydroxyl groups is 1.